The van der Waals surface area contributed by atoms with Crippen molar-refractivity contribution in [2.24, 2.45) is 0 Å². The highest BCUT2D eigenvalue weighted by Crippen LogP contribution is 2.29. The fourth-order valence-corrected chi connectivity index (χ4v) is 4.37. The molecule has 1 aliphatic rings. The van der Waals surface area contributed by atoms with E-state index in [1.54, 1.807) is 31.3 Å². The molecular weight excluding hydrogens is 270 g/mol. The third kappa shape index (κ3) is 2.71. The number of halogens is 1. The Balaban J connectivity index is 2.25. The van der Waals surface area contributed by atoms with Crippen molar-refractivity contribution in [1.29, 1.82) is 0 Å². The smallest absolute Gasteiger partial charge is 0.207 e. The number of alkyl halides is 1. The third-order valence-electron chi connectivity index (χ3n) is 3.53. The first-order valence-corrected chi connectivity index (χ1v) is 8.08. The van der Waals surface area contributed by atoms with Crippen LogP contribution >= 0.6 is 11.6 Å². The molecule has 0 saturated heterocycles. The van der Waals surface area contributed by atoms with Gasteiger partial charge in [0.1, 0.15) is 0 Å². The number of sulfonamides is 1. The van der Waals surface area contributed by atoms with Crippen LogP contribution in [-0.4, -0.2) is 31.2 Å². The van der Waals surface area contributed by atoms with Gasteiger partial charge in [0.05, 0.1) is 10.3 Å². The van der Waals surface area contributed by atoms with Gasteiger partial charge in [0, 0.05) is 13.1 Å². The van der Waals surface area contributed by atoms with Gasteiger partial charge in [-0.1, -0.05) is 31.0 Å². The van der Waals surface area contributed by atoms with E-state index in [9.17, 15) is 8.42 Å². The Morgan fingerprint density at radius 2 is 1.78 bits per heavy atom. The molecule has 3 nitrogen and oxygen atoms in total. The Hall–Kier alpha value is -0.580. The molecule has 1 aliphatic carbocycles. The van der Waals surface area contributed by atoms with Crippen molar-refractivity contribution in [2.75, 3.05) is 7.05 Å². The van der Waals surface area contributed by atoms with Crippen LogP contribution in [0.1, 0.15) is 25.7 Å². The second-order valence-corrected chi connectivity index (χ2v) is 7.26. The third-order valence-corrected chi connectivity index (χ3v) is 5.94. The summed E-state index contributed by atoms with van der Waals surface area (Å²) in [5, 5.41) is -0.0813. The van der Waals surface area contributed by atoms with Gasteiger partial charge in [0.25, 0.3) is 0 Å². The SMILES string of the molecule is CN(C1CCCCC1Cl)S(=O)(=O)c1ccccc1. The van der Waals surface area contributed by atoms with Gasteiger partial charge < -0.3 is 0 Å². The molecule has 0 bridgehead atoms. The lowest BCUT2D eigenvalue weighted by molar-refractivity contribution is 0.291. The van der Waals surface area contributed by atoms with Crippen molar-refractivity contribution in [3.05, 3.63) is 30.3 Å². The molecule has 0 aliphatic heterocycles. The van der Waals surface area contributed by atoms with Crippen LogP contribution in [0.4, 0.5) is 0 Å². The van der Waals surface area contributed by atoms with Crippen LogP contribution in [0.25, 0.3) is 0 Å². The maximum atomic E-state index is 12.4. The average molecular weight is 288 g/mol. The monoisotopic (exact) mass is 287 g/mol. The first-order valence-electron chi connectivity index (χ1n) is 6.20. The topological polar surface area (TPSA) is 37.4 Å². The summed E-state index contributed by atoms with van der Waals surface area (Å²) >= 11 is 6.26. The molecule has 0 spiro atoms. The minimum Gasteiger partial charge on any atom is -0.207 e. The molecule has 1 aromatic carbocycles. The molecule has 100 valence electrons. The zero-order valence-corrected chi connectivity index (χ0v) is 12.0. The Labute approximate surface area is 114 Å². The predicted molar refractivity (Wildman–Crippen MR) is 73.3 cm³/mol. The highest BCUT2D eigenvalue weighted by atomic mass is 35.5. The Morgan fingerprint density at radius 3 is 2.39 bits per heavy atom. The van der Waals surface area contributed by atoms with Gasteiger partial charge in [-0.25, -0.2) is 8.42 Å². The van der Waals surface area contributed by atoms with Gasteiger partial charge >= 0.3 is 0 Å². The summed E-state index contributed by atoms with van der Waals surface area (Å²) in [7, 11) is -1.79. The highest BCUT2D eigenvalue weighted by molar-refractivity contribution is 7.89. The maximum absolute atomic E-state index is 12.4. The first kappa shape index (κ1) is 13.8. The van der Waals surface area contributed by atoms with Gasteiger partial charge in [-0.15, -0.1) is 11.6 Å². The van der Waals surface area contributed by atoms with E-state index < -0.39 is 10.0 Å². The van der Waals surface area contributed by atoms with Crippen molar-refractivity contribution in [2.45, 2.75) is 42.0 Å². The fraction of sp³-hybridized carbons (Fsp3) is 0.538. The lowest BCUT2D eigenvalue weighted by atomic mass is 9.95. The lowest BCUT2D eigenvalue weighted by Gasteiger charge is -2.34. The van der Waals surface area contributed by atoms with Crippen molar-refractivity contribution in [1.82, 2.24) is 4.31 Å². The summed E-state index contributed by atoms with van der Waals surface area (Å²) in [6.07, 6.45) is 3.87. The predicted octanol–water partition coefficient (Wildman–Crippen LogP) is 2.86. The van der Waals surface area contributed by atoms with E-state index >= 15 is 0 Å². The normalized spacial score (nSPS) is 25.3. The summed E-state index contributed by atoms with van der Waals surface area (Å²) in [5.74, 6) is 0. The van der Waals surface area contributed by atoms with Gasteiger partial charge in [-0.3, -0.25) is 0 Å². The Bertz CT molecular complexity index is 489. The highest BCUT2D eigenvalue weighted by Gasteiger charge is 2.33. The summed E-state index contributed by atoms with van der Waals surface area (Å²) in [5.41, 5.74) is 0. The molecule has 2 rings (SSSR count). The van der Waals surface area contributed by atoms with E-state index in [0.717, 1.165) is 25.7 Å². The van der Waals surface area contributed by atoms with Crippen molar-refractivity contribution in [3.63, 3.8) is 0 Å². The fourth-order valence-electron chi connectivity index (χ4n) is 2.41. The Morgan fingerprint density at radius 1 is 1.17 bits per heavy atom. The van der Waals surface area contributed by atoms with Crippen LogP contribution in [0.15, 0.2) is 35.2 Å². The van der Waals surface area contributed by atoms with Gasteiger partial charge in [0.15, 0.2) is 0 Å². The van der Waals surface area contributed by atoms with Gasteiger partial charge in [-0.05, 0) is 25.0 Å². The maximum Gasteiger partial charge on any atom is 0.243 e. The quantitative estimate of drug-likeness (QED) is 0.802. The van der Waals surface area contributed by atoms with Crippen molar-refractivity contribution >= 4 is 21.6 Å². The standard InChI is InChI=1S/C13H18ClNO2S/c1-15(13-10-6-5-9-12(13)14)18(16,17)11-7-3-2-4-8-11/h2-4,7-8,12-13H,5-6,9-10H2,1H3. The molecule has 1 aromatic rings. The van der Waals surface area contributed by atoms with E-state index in [-0.39, 0.29) is 11.4 Å². The van der Waals surface area contributed by atoms with E-state index in [1.165, 1.54) is 4.31 Å². The van der Waals surface area contributed by atoms with Crippen LogP contribution in [-0.2, 0) is 10.0 Å². The molecule has 0 aromatic heterocycles. The number of hydrogen-bond donors (Lipinski definition) is 0. The molecule has 0 radical (unpaired) electrons. The minimum atomic E-state index is -3.42. The zero-order chi connectivity index (χ0) is 13.2. The zero-order valence-electron chi connectivity index (χ0n) is 10.4. The van der Waals surface area contributed by atoms with Crippen molar-refractivity contribution < 1.29 is 8.42 Å². The summed E-state index contributed by atoms with van der Waals surface area (Å²) in [4.78, 5) is 0.335. The molecule has 0 heterocycles. The number of nitrogens with zero attached hydrogens (tertiary/aromatic N) is 1. The van der Waals surface area contributed by atoms with E-state index in [1.807, 2.05) is 6.07 Å². The van der Waals surface area contributed by atoms with Gasteiger partial charge in [-0.2, -0.15) is 4.31 Å². The second-order valence-electron chi connectivity index (χ2n) is 4.70. The molecule has 1 fully saturated rings. The molecule has 18 heavy (non-hydrogen) atoms. The van der Waals surface area contributed by atoms with Crippen LogP contribution in [0.3, 0.4) is 0 Å². The van der Waals surface area contributed by atoms with E-state index in [4.69, 9.17) is 11.6 Å². The summed E-state index contributed by atoms with van der Waals surface area (Å²) < 4.78 is 26.3. The Kier molecular flexibility index (Phi) is 4.30. The average Bonchev–Trinajstić information content (AvgIpc) is 2.39. The molecule has 5 heteroatoms. The van der Waals surface area contributed by atoms with Crippen LogP contribution in [0.2, 0.25) is 0 Å². The minimum absolute atomic E-state index is 0.0813. The number of hydrogen-bond acceptors (Lipinski definition) is 2. The van der Waals surface area contributed by atoms with Crippen LogP contribution in [0, 0.1) is 0 Å². The second kappa shape index (κ2) is 5.59. The number of rotatable bonds is 3. The van der Waals surface area contributed by atoms with Gasteiger partial charge in [0.2, 0.25) is 10.0 Å². The van der Waals surface area contributed by atoms with E-state index in [2.05, 4.69) is 0 Å². The molecule has 2 unspecified atom stereocenters. The molecule has 0 amide bonds. The molecule has 2 atom stereocenters. The molecular formula is C13H18ClNO2S. The largest absolute Gasteiger partial charge is 0.243 e. The summed E-state index contributed by atoms with van der Waals surface area (Å²) in [6.45, 7) is 0. The lowest BCUT2D eigenvalue weighted by Crippen LogP contribution is -2.44. The number of benzene rings is 1. The molecule has 1 saturated carbocycles. The first-order chi connectivity index (χ1) is 8.53. The van der Waals surface area contributed by atoms with Crippen LogP contribution in [0.5, 0.6) is 0 Å². The van der Waals surface area contributed by atoms with Crippen molar-refractivity contribution in [3.8, 4) is 0 Å². The van der Waals surface area contributed by atoms with E-state index in [0.29, 0.717) is 4.90 Å². The molecule has 0 N–H and O–H groups in total. The summed E-state index contributed by atoms with van der Waals surface area (Å²) in [6, 6.07) is 8.44. The van der Waals surface area contributed by atoms with Crippen LogP contribution < -0.4 is 0 Å².